The van der Waals surface area contributed by atoms with Gasteiger partial charge in [-0.05, 0) is 24.3 Å². The summed E-state index contributed by atoms with van der Waals surface area (Å²) in [6.07, 6.45) is 3.42. The van der Waals surface area contributed by atoms with Crippen LogP contribution in [0, 0.1) is 0 Å². The summed E-state index contributed by atoms with van der Waals surface area (Å²) >= 11 is 9.40. The summed E-state index contributed by atoms with van der Waals surface area (Å²) in [4.78, 5) is 20.7. The lowest BCUT2D eigenvalue weighted by atomic mass is 10.2. The maximum absolute atomic E-state index is 12.2. The highest BCUT2D eigenvalue weighted by atomic mass is 35.5. The summed E-state index contributed by atoms with van der Waals surface area (Å²) in [5.41, 5.74) is 2.06. The molecule has 4 rings (SSSR count). The minimum atomic E-state index is -0.214. The van der Waals surface area contributed by atoms with Crippen molar-refractivity contribution in [1.29, 1.82) is 0 Å². The summed E-state index contributed by atoms with van der Waals surface area (Å²) < 4.78 is 6.87. The summed E-state index contributed by atoms with van der Waals surface area (Å²) in [7, 11) is 1.59. The largest absolute Gasteiger partial charge is 0.383 e. The third kappa shape index (κ3) is 5.16. The molecule has 32 heavy (non-hydrogen) atoms. The van der Waals surface area contributed by atoms with E-state index in [1.54, 1.807) is 24.9 Å². The number of nitrogens with one attached hydrogen (secondary N) is 1. The van der Waals surface area contributed by atoms with Gasteiger partial charge < -0.3 is 10.1 Å². The molecule has 1 aromatic carbocycles. The molecule has 0 unspecified atom stereocenters. The Morgan fingerprint density at radius 1 is 1.22 bits per heavy atom. The molecule has 0 aliphatic heterocycles. The first-order valence-corrected chi connectivity index (χ1v) is 11.9. The lowest BCUT2D eigenvalue weighted by Crippen LogP contribution is -2.27. The quantitative estimate of drug-likeness (QED) is 0.281. The van der Waals surface area contributed by atoms with Crippen LogP contribution >= 0.6 is 34.7 Å². The van der Waals surface area contributed by atoms with Crippen molar-refractivity contribution >= 4 is 40.6 Å². The second kappa shape index (κ2) is 10.7. The van der Waals surface area contributed by atoms with Crippen molar-refractivity contribution in [3.05, 3.63) is 69.9 Å². The number of aromatic nitrogens is 5. The van der Waals surface area contributed by atoms with Gasteiger partial charge in [-0.15, -0.1) is 21.5 Å². The molecule has 3 aromatic heterocycles. The first kappa shape index (κ1) is 22.4. The van der Waals surface area contributed by atoms with Crippen molar-refractivity contribution in [2.75, 3.05) is 20.3 Å². The van der Waals surface area contributed by atoms with Crippen LogP contribution in [0.3, 0.4) is 0 Å². The Labute approximate surface area is 198 Å². The van der Waals surface area contributed by atoms with E-state index in [2.05, 4.69) is 25.5 Å². The first-order valence-electron chi connectivity index (χ1n) is 9.62. The average Bonchev–Trinajstić information content (AvgIpc) is 3.46. The van der Waals surface area contributed by atoms with Crippen molar-refractivity contribution in [2.24, 2.45) is 0 Å². The number of rotatable bonds is 9. The number of carbonyl (C=O) groups is 1. The highest BCUT2D eigenvalue weighted by Gasteiger charge is 2.19. The Balaban J connectivity index is 1.57. The molecule has 0 aliphatic carbocycles. The Kier molecular flexibility index (Phi) is 7.48. The third-order valence-electron chi connectivity index (χ3n) is 4.37. The van der Waals surface area contributed by atoms with Gasteiger partial charge in [0.25, 0.3) is 5.91 Å². The van der Waals surface area contributed by atoms with Crippen LogP contribution in [0.25, 0.3) is 17.1 Å². The van der Waals surface area contributed by atoms with E-state index in [-0.39, 0.29) is 5.91 Å². The number of carbonyl (C=O) groups excluding carboxylic acids is 1. The Morgan fingerprint density at radius 3 is 2.81 bits per heavy atom. The van der Waals surface area contributed by atoms with Crippen LogP contribution in [-0.4, -0.2) is 50.9 Å². The van der Waals surface area contributed by atoms with Crippen molar-refractivity contribution in [2.45, 2.75) is 10.9 Å². The number of para-hydroxylation sites is 1. The van der Waals surface area contributed by atoms with Gasteiger partial charge in [0, 0.05) is 37.0 Å². The van der Waals surface area contributed by atoms with E-state index in [9.17, 15) is 4.79 Å². The normalized spacial score (nSPS) is 10.9. The number of methoxy groups -OCH3 is 1. The fraction of sp³-hybridized carbons (Fsp3) is 0.190. The molecule has 4 aromatic rings. The summed E-state index contributed by atoms with van der Waals surface area (Å²) in [6.45, 7) is 0.895. The molecule has 0 spiro atoms. The smallest absolute Gasteiger partial charge is 0.270 e. The second-order valence-electron chi connectivity index (χ2n) is 6.49. The Bertz CT molecular complexity index is 1200. The number of halogens is 1. The molecule has 0 saturated heterocycles. The standard InChI is InChI=1S/C21H19ClN6O2S2/c1-30-11-10-24-20(29)16-12-31-18(25-16)13-32-21-27-26-19(14-6-8-23-9-7-14)28(21)17-5-3-2-4-15(17)22/h2-9,12H,10-11,13H2,1H3,(H,24,29). The number of amides is 1. The molecule has 1 N–H and O–H groups in total. The molecule has 0 radical (unpaired) electrons. The van der Waals surface area contributed by atoms with Crippen LogP contribution in [-0.2, 0) is 10.5 Å². The van der Waals surface area contributed by atoms with Gasteiger partial charge in [-0.1, -0.05) is 35.5 Å². The lowest BCUT2D eigenvalue weighted by Gasteiger charge is -2.11. The monoisotopic (exact) mass is 486 g/mol. The van der Waals surface area contributed by atoms with E-state index in [0.717, 1.165) is 16.3 Å². The molecule has 11 heteroatoms. The van der Waals surface area contributed by atoms with Gasteiger partial charge >= 0.3 is 0 Å². The van der Waals surface area contributed by atoms with Crippen LogP contribution in [0.4, 0.5) is 0 Å². The highest BCUT2D eigenvalue weighted by molar-refractivity contribution is 7.98. The second-order valence-corrected chi connectivity index (χ2v) is 8.79. The number of ether oxygens (including phenoxy) is 1. The summed E-state index contributed by atoms with van der Waals surface area (Å²) in [6, 6.07) is 11.3. The molecule has 8 nitrogen and oxygen atoms in total. The van der Waals surface area contributed by atoms with Gasteiger partial charge in [0.1, 0.15) is 10.7 Å². The molecular formula is C21H19ClN6O2S2. The molecule has 3 heterocycles. The maximum Gasteiger partial charge on any atom is 0.270 e. The average molecular weight is 487 g/mol. The SMILES string of the molecule is COCCNC(=O)c1csc(CSc2nnc(-c3ccncc3)n2-c2ccccc2Cl)n1. The van der Waals surface area contributed by atoms with Gasteiger partial charge in [0.2, 0.25) is 0 Å². The fourth-order valence-electron chi connectivity index (χ4n) is 2.87. The van der Waals surface area contributed by atoms with Crippen molar-refractivity contribution in [3.63, 3.8) is 0 Å². The Hall–Kier alpha value is -2.79. The van der Waals surface area contributed by atoms with Gasteiger partial charge in [-0.25, -0.2) is 4.98 Å². The molecule has 164 valence electrons. The van der Waals surface area contributed by atoms with Crippen molar-refractivity contribution in [3.8, 4) is 17.1 Å². The zero-order valence-electron chi connectivity index (χ0n) is 17.1. The zero-order chi connectivity index (χ0) is 22.3. The van der Waals surface area contributed by atoms with Crippen molar-refractivity contribution in [1.82, 2.24) is 30.0 Å². The predicted molar refractivity (Wildman–Crippen MR) is 125 cm³/mol. The topological polar surface area (TPSA) is 94.8 Å². The number of thioether (sulfide) groups is 1. The fourth-order valence-corrected chi connectivity index (χ4v) is 4.82. The van der Waals surface area contributed by atoms with E-state index in [0.29, 0.717) is 40.6 Å². The molecule has 0 saturated carbocycles. The van der Waals surface area contributed by atoms with Gasteiger partial charge in [-0.3, -0.25) is 14.3 Å². The summed E-state index contributed by atoms with van der Waals surface area (Å²) in [5.74, 6) is 0.990. The summed E-state index contributed by atoms with van der Waals surface area (Å²) in [5, 5.41) is 15.4. The molecule has 1 amide bonds. The zero-order valence-corrected chi connectivity index (χ0v) is 19.5. The van der Waals surface area contributed by atoms with Gasteiger partial charge in [0.05, 0.1) is 23.1 Å². The van der Waals surface area contributed by atoms with E-state index in [1.807, 2.05) is 41.0 Å². The number of hydrogen-bond acceptors (Lipinski definition) is 8. The minimum absolute atomic E-state index is 0.214. The Morgan fingerprint density at radius 2 is 2.03 bits per heavy atom. The number of benzene rings is 1. The van der Waals surface area contributed by atoms with E-state index in [1.165, 1.54) is 23.1 Å². The predicted octanol–water partition coefficient (Wildman–Crippen LogP) is 4.11. The van der Waals surface area contributed by atoms with Crippen LogP contribution in [0.15, 0.2) is 59.3 Å². The number of pyridine rings is 1. The molecule has 0 atom stereocenters. The van der Waals surface area contributed by atoms with Gasteiger partial charge in [0.15, 0.2) is 11.0 Å². The molecule has 0 bridgehead atoms. The molecular weight excluding hydrogens is 468 g/mol. The van der Waals surface area contributed by atoms with Crippen LogP contribution in [0.2, 0.25) is 5.02 Å². The van der Waals surface area contributed by atoms with Crippen LogP contribution < -0.4 is 5.32 Å². The highest BCUT2D eigenvalue weighted by Crippen LogP contribution is 2.32. The van der Waals surface area contributed by atoms with Crippen LogP contribution in [0.5, 0.6) is 0 Å². The van der Waals surface area contributed by atoms with E-state index >= 15 is 0 Å². The van der Waals surface area contributed by atoms with Crippen LogP contribution in [0.1, 0.15) is 15.5 Å². The van der Waals surface area contributed by atoms with Gasteiger partial charge in [-0.2, -0.15) is 0 Å². The third-order valence-corrected chi connectivity index (χ3v) is 6.66. The minimum Gasteiger partial charge on any atom is -0.383 e. The lowest BCUT2D eigenvalue weighted by molar-refractivity contribution is 0.0932. The van der Waals surface area contributed by atoms with E-state index < -0.39 is 0 Å². The van der Waals surface area contributed by atoms with Crippen molar-refractivity contribution < 1.29 is 9.53 Å². The molecule has 0 aliphatic rings. The number of hydrogen-bond donors (Lipinski definition) is 1. The number of thiazole rings is 1. The molecule has 0 fully saturated rings. The number of nitrogens with zero attached hydrogens (tertiary/aromatic N) is 5. The maximum atomic E-state index is 12.2. The first-order chi connectivity index (χ1) is 15.7. The van der Waals surface area contributed by atoms with E-state index in [4.69, 9.17) is 16.3 Å².